The number of Topliss-reactive ketones (excluding diaryl/α,β-unsaturated/α-hetero) is 2. The molecule has 4 rings (SSSR count). The number of aromatic nitrogens is 2. The number of nitrogens with zero attached hydrogens (tertiary/aromatic N) is 2. The van der Waals surface area contributed by atoms with E-state index in [1.807, 2.05) is 98.8 Å². The highest BCUT2D eigenvalue weighted by atomic mass is 35.5. The minimum atomic E-state index is -0.750. The van der Waals surface area contributed by atoms with E-state index in [4.69, 9.17) is 23.2 Å². The predicted octanol–water partition coefficient (Wildman–Crippen LogP) is 7.02. The van der Waals surface area contributed by atoms with E-state index >= 15 is 0 Å². The van der Waals surface area contributed by atoms with Crippen molar-refractivity contribution < 1.29 is 9.59 Å². The number of hydrogen-bond acceptors (Lipinski definition) is 2. The zero-order valence-electron chi connectivity index (χ0n) is 20.5. The Labute approximate surface area is 222 Å². The lowest BCUT2D eigenvalue weighted by Crippen LogP contribution is -2.31. The van der Waals surface area contributed by atoms with Gasteiger partial charge in [0, 0.05) is 58.8 Å². The van der Waals surface area contributed by atoms with E-state index in [0.717, 1.165) is 22.8 Å². The molecule has 36 heavy (non-hydrogen) atoms. The van der Waals surface area contributed by atoms with Crippen molar-refractivity contribution in [1.29, 1.82) is 0 Å². The van der Waals surface area contributed by atoms with E-state index in [1.54, 1.807) is 0 Å². The molecule has 4 aromatic rings. The second-order valence-corrected chi connectivity index (χ2v) is 9.65. The summed E-state index contributed by atoms with van der Waals surface area (Å²) in [6, 6.07) is 26.3. The topological polar surface area (TPSA) is 44.0 Å². The van der Waals surface area contributed by atoms with Crippen LogP contribution in [0.15, 0.2) is 84.9 Å². The largest absolute Gasteiger partial charge is 0.347 e. The Hall–Kier alpha value is -3.08. The summed E-state index contributed by atoms with van der Waals surface area (Å²) in [7, 11) is 0. The fraction of sp³-hybridized carbons (Fsp3) is 0.267. The highest BCUT2D eigenvalue weighted by Gasteiger charge is 2.40. The minimum absolute atomic E-state index is 0.102. The Bertz CT molecular complexity index is 1220. The van der Waals surface area contributed by atoms with Gasteiger partial charge in [-0.15, -0.1) is 23.2 Å². The van der Waals surface area contributed by atoms with E-state index in [1.165, 1.54) is 0 Å². The summed E-state index contributed by atoms with van der Waals surface area (Å²) in [5.41, 5.74) is 4.69. The average Bonchev–Trinajstić information content (AvgIpc) is 3.45. The van der Waals surface area contributed by atoms with Crippen LogP contribution in [0.2, 0.25) is 0 Å². The van der Waals surface area contributed by atoms with Gasteiger partial charge < -0.3 is 9.13 Å². The first-order valence-electron chi connectivity index (χ1n) is 12.1. The summed E-state index contributed by atoms with van der Waals surface area (Å²) in [6.45, 7) is 5.08. The molecule has 2 unspecified atom stereocenters. The average molecular weight is 521 g/mol. The quantitative estimate of drug-likeness (QED) is 0.157. The van der Waals surface area contributed by atoms with Gasteiger partial charge in [-0.05, 0) is 38.1 Å². The molecule has 0 radical (unpaired) electrons. The molecule has 6 heteroatoms. The summed E-state index contributed by atoms with van der Waals surface area (Å²) < 4.78 is 4.12. The molecule has 0 aliphatic rings. The fourth-order valence-corrected chi connectivity index (χ4v) is 5.32. The van der Waals surface area contributed by atoms with E-state index in [0.29, 0.717) is 36.0 Å². The van der Waals surface area contributed by atoms with Crippen molar-refractivity contribution in [3.05, 3.63) is 119 Å². The first-order chi connectivity index (χ1) is 17.5. The van der Waals surface area contributed by atoms with Gasteiger partial charge in [0.1, 0.15) is 0 Å². The second-order valence-electron chi connectivity index (χ2n) is 8.90. The molecule has 2 aromatic carbocycles. The molecule has 4 nitrogen and oxygen atoms in total. The van der Waals surface area contributed by atoms with Crippen molar-refractivity contribution in [2.45, 2.75) is 38.8 Å². The van der Waals surface area contributed by atoms with Crippen LogP contribution in [-0.4, -0.2) is 32.5 Å². The van der Waals surface area contributed by atoms with Crippen LogP contribution >= 0.6 is 23.2 Å². The minimum Gasteiger partial charge on any atom is -0.347 e. The summed E-state index contributed by atoms with van der Waals surface area (Å²) in [5.74, 6) is -0.910. The van der Waals surface area contributed by atoms with Crippen LogP contribution in [0.3, 0.4) is 0 Å². The first-order valence-corrected chi connectivity index (χ1v) is 13.2. The third kappa shape index (κ3) is 5.21. The number of rotatable bonds is 11. The highest BCUT2D eigenvalue weighted by Crippen LogP contribution is 2.40. The van der Waals surface area contributed by atoms with Gasteiger partial charge in [0.15, 0.2) is 11.6 Å². The lowest BCUT2D eigenvalue weighted by molar-refractivity contribution is 0.0859. The van der Waals surface area contributed by atoms with Gasteiger partial charge in [-0.3, -0.25) is 9.59 Å². The fourth-order valence-electron chi connectivity index (χ4n) is 4.98. The molecular weight excluding hydrogens is 491 g/mol. The maximum atomic E-state index is 14.3. The van der Waals surface area contributed by atoms with Crippen molar-refractivity contribution in [2.75, 3.05) is 11.8 Å². The summed E-state index contributed by atoms with van der Waals surface area (Å²) in [4.78, 5) is 28.6. The lowest BCUT2D eigenvalue weighted by atomic mass is 9.77. The van der Waals surface area contributed by atoms with Gasteiger partial charge in [0.2, 0.25) is 0 Å². The molecule has 2 aromatic heterocycles. The third-order valence-electron chi connectivity index (χ3n) is 6.73. The van der Waals surface area contributed by atoms with Crippen LogP contribution in [-0.2, 0) is 13.1 Å². The molecule has 0 aliphatic carbocycles. The molecule has 0 amide bonds. The Kier molecular flexibility index (Phi) is 8.50. The zero-order chi connectivity index (χ0) is 25.7. The Morgan fingerprint density at radius 2 is 0.972 bits per heavy atom. The number of aryl methyl sites for hydroxylation is 2. The molecule has 0 aliphatic heterocycles. The van der Waals surface area contributed by atoms with Gasteiger partial charge in [0.05, 0.1) is 11.8 Å². The number of carbonyl (C=O) groups excluding carboxylic acids is 2. The Morgan fingerprint density at radius 3 is 1.31 bits per heavy atom. The monoisotopic (exact) mass is 520 g/mol. The van der Waals surface area contributed by atoms with Crippen molar-refractivity contribution in [1.82, 2.24) is 9.13 Å². The van der Waals surface area contributed by atoms with E-state index in [9.17, 15) is 9.59 Å². The third-order valence-corrected chi connectivity index (χ3v) is 7.07. The Morgan fingerprint density at radius 1 is 0.611 bits per heavy atom. The van der Waals surface area contributed by atoms with Crippen LogP contribution in [0, 0.1) is 13.8 Å². The summed E-state index contributed by atoms with van der Waals surface area (Å²) >= 11 is 12.3. The van der Waals surface area contributed by atoms with Crippen LogP contribution in [0.1, 0.15) is 55.3 Å². The van der Waals surface area contributed by atoms with Gasteiger partial charge in [0.25, 0.3) is 0 Å². The molecule has 0 fully saturated rings. The molecule has 0 spiro atoms. The molecule has 186 valence electrons. The molecule has 2 atom stereocenters. The Balaban J connectivity index is 1.99. The molecule has 0 bridgehead atoms. The summed E-state index contributed by atoms with van der Waals surface area (Å²) in [6.07, 6.45) is 0. The van der Waals surface area contributed by atoms with Crippen LogP contribution in [0.25, 0.3) is 0 Å². The highest BCUT2D eigenvalue weighted by molar-refractivity contribution is 6.18. The first kappa shape index (κ1) is 26.0. The smallest absolute Gasteiger partial charge is 0.172 e. The maximum Gasteiger partial charge on any atom is 0.172 e. The zero-order valence-corrected chi connectivity index (χ0v) is 22.0. The SMILES string of the molecule is Cc1ccc(C(C(=O)c2ccccc2)C(C(=O)c2ccccc2)c2ccc(C)n2CCCl)n1CCCl. The maximum absolute atomic E-state index is 14.3. The molecule has 0 saturated heterocycles. The van der Waals surface area contributed by atoms with Gasteiger partial charge in [-0.2, -0.15) is 0 Å². The molecule has 2 heterocycles. The van der Waals surface area contributed by atoms with Gasteiger partial charge in [-0.1, -0.05) is 60.7 Å². The number of ketones is 2. The summed E-state index contributed by atoms with van der Waals surface area (Å²) in [5, 5.41) is 0. The van der Waals surface area contributed by atoms with E-state index in [-0.39, 0.29) is 11.6 Å². The van der Waals surface area contributed by atoms with E-state index in [2.05, 4.69) is 9.13 Å². The van der Waals surface area contributed by atoms with Crippen molar-refractivity contribution in [3.8, 4) is 0 Å². The van der Waals surface area contributed by atoms with Crippen molar-refractivity contribution in [3.63, 3.8) is 0 Å². The van der Waals surface area contributed by atoms with Crippen LogP contribution in [0.4, 0.5) is 0 Å². The van der Waals surface area contributed by atoms with Gasteiger partial charge >= 0.3 is 0 Å². The molecule has 0 saturated carbocycles. The van der Waals surface area contributed by atoms with Crippen molar-refractivity contribution in [2.24, 2.45) is 0 Å². The van der Waals surface area contributed by atoms with Crippen LogP contribution < -0.4 is 0 Å². The van der Waals surface area contributed by atoms with Crippen molar-refractivity contribution >= 4 is 34.8 Å². The van der Waals surface area contributed by atoms with E-state index < -0.39 is 11.8 Å². The van der Waals surface area contributed by atoms with Crippen LogP contribution in [0.5, 0.6) is 0 Å². The molecular formula is C30H30Cl2N2O2. The van der Waals surface area contributed by atoms with Gasteiger partial charge in [-0.25, -0.2) is 0 Å². The predicted molar refractivity (Wildman–Crippen MR) is 147 cm³/mol. The standard InChI is InChI=1S/C30H30Cl2N2O2/c1-21-13-15-25(33(21)19-17-31)27(29(35)23-9-5-3-6-10-23)28(30(36)24-11-7-4-8-12-24)26-16-14-22(2)34(26)20-18-32/h3-16,27-28H,17-20H2,1-2H3. The lowest BCUT2D eigenvalue weighted by Gasteiger charge is -2.29. The number of hydrogen-bond donors (Lipinski definition) is 0. The second kappa shape index (κ2) is 11.8. The number of alkyl halides is 2. The molecule has 0 N–H and O–H groups in total. The number of halogens is 2. The number of benzene rings is 2. The normalized spacial score (nSPS) is 12.9. The number of carbonyl (C=O) groups is 2.